The molecule has 0 spiro atoms. The number of nitrogens with zero attached hydrogens (tertiary/aromatic N) is 1. The third-order valence-electron chi connectivity index (χ3n) is 4.68. The van der Waals surface area contributed by atoms with Crippen LogP contribution in [0.5, 0.6) is 0 Å². The van der Waals surface area contributed by atoms with E-state index >= 15 is 0 Å². The highest BCUT2D eigenvalue weighted by atomic mass is 32.1. The Balaban J connectivity index is 1.48. The van der Waals surface area contributed by atoms with Crippen molar-refractivity contribution in [3.05, 3.63) is 58.3 Å². The van der Waals surface area contributed by atoms with Crippen molar-refractivity contribution in [1.29, 1.82) is 0 Å². The molecule has 1 aliphatic carbocycles. The molecule has 1 aromatic carbocycles. The first kappa shape index (κ1) is 16.1. The fourth-order valence-electron chi connectivity index (χ4n) is 3.17. The highest BCUT2D eigenvalue weighted by molar-refractivity contribution is 7.09. The van der Waals surface area contributed by atoms with Crippen molar-refractivity contribution in [3.8, 4) is 0 Å². The summed E-state index contributed by atoms with van der Waals surface area (Å²) in [5, 5.41) is 5.35. The third kappa shape index (κ3) is 4.58. The Hall–Kier alpha value is -1.81. The zero-order valence-corrected chi connectivity index (χ0v) is 14.3. The molecule has 122 valence electrons. The first-order chi connectivity index (χ1) is 11.3. The van der Waals surface area contributed by atoms with E-state index in [9.17, 15) is 0 Å². The van der Waals surface area contributed by atoms with Crippen LogP contribution in [0, 0.1) is 5.41 Å². The van der Waals surface area contributed by atoms with E-state index in [2.05, 4.69) is 58.2 Å². The Morgan fingerprint density at radius 2 is 2.00 bits per heavy atom. The molecule has 0 atom stereocenters. The van der Waals surface area contributed by atoms with Gasteiger partial charge in [-0.25, -0.2) is 0 Å². The zero-order chi connectivity index (χ0) is 16.0. The number of benzene rings is 1. The molecule has 23 heavy (non-hydrogen) atoms. The second-order valence-electron chi connectivity index (χ2n) is 6.47. The molecule has 3 nitrogen and oxygen atoms in total. The summed E-state index contributed by atoms with van der Waals surface area (Å²) in [6.07, 6.45) is 5.94. The molecule has 1 aliphatic rings. The van der Waals surface area contributed by atoms with E-state index in [0.29, 0.717) is 11.4 Å². The maximum absolute atomic E-state index is 6.03. The van der Waals surface area contributed by atoms with Crippen LogP contribution >= 0.6 is 11.3 Å². The van der Waals surface area contributed by atoms with Crippen molar-refractivity contribution in [2.45, 2.75) is 32.1 Å². The Kier molecular flexibility index (Phi) is 5.34. The summed E-state index contributed by atoms with van der Waals surface area (Å²) in [5.74, 6) is 0.584. The van der Waals surface area contributed by atoms with E-state index in [-0.39, 0.29) is 0 Å². The van der Waals surface area contributed by atoms with Gasteiger partial charge in [0.1, 0.15) is 0 Å². The minimum absolute atomic E-state index is 0.321. The van der Waals surface area contributed by atoms with Crippen LogP contribution in [0.3, 0.4) is 0 Å². The fourth-order valence-corrected chi connectivity index (χ4v) is 3.88. The van der Waals surface area contributed by atoms with Crippen LogP contribution in [-0.2, 0) is 12.8 Å². The topological polar surface area (TPSA) is 50.4 Å². The summed E-state index contributed by atoms with van der Waals surface area (Å²) in [5.41, 5.74) is 7.76. The van der Waals surface area contributed by atoms with Gasteiger partial charge in [0.15, 0.2) is 5.96 Å². The lowest BCUT2D eigenvalue weighted by Crippen LogP contribution is -2.38. The quantitative estimate of drug-likeness (QED) is 0.603. The van der Waals surface area contributed by atoms with Gasteiger partial charge in [-0.1, -0.05) is 42.8 Å². The smallest absolute Gasteiger partial charge is 0.188 e. The first-order valence-electron chi connectivity index (χ1n) is 8.36. The van der Waals surface area contributed by atoms with E-state index in [0.717, 1.165) is 25.9 Å². The highest BCUT2D eigenvalue weighted by Gasteiger charge is 2.36. The number of nitrogens with one attached hydrogen (secondary N) is 1. The molecule has 1 fully saturated rings. The number of hydrogen-bond acceptors (Lipinski definition) is 2. The van der Waals surface area contributed by atoms with Gasteiger partial charge in [-0.2, -0.15) is 0 Å². The van der Waals surface area contributed by atoms with Crippen LogP contribution in [0.25, 0.3) is 0 Å². The van der Waals surface area contributed by atoms with Crippen molar-refractivity contribution in [2.75, 3.05) is 13.1 Å². The van der Waals surface area contributed by atoms with Gasteiger partial charge >= 0.3 is 0 Å². The van der Waals surface area contributed by atoms with Gasteiger partial charge in [-0.3, -0.25) is 4.99 Å². The van der Waals surface area contributed by atoms with Gasteiger partial charge in [0, 0.05) is 18.0 Å². The summed E-state index contributed by atoms with van der Waals surface area (Å²) in [6.45, 7) is 1.68. The molecule has 0 saturated heterocycles. The van der Waals surface area contributed by atoms with Gasteiger partial charge in [-0.15, -0.1) is 11.3 Å². The fraction of sp³-hybridized carbons (Fsp3) is 0.421. The summed E-state index contributed by atoms with van der Waals surface area (Å²) in [6, 6.07) is 15.0. The molecule has 0 radical (unpaired) electrons. The average Bonchev–Trinajstić information content (AvgIpc) is 3.04. The number of aliphatic imine (C=N–C) groups is 1. The van der Waals surface area contributed by atoms with Gasteiger partial charge in [0.05, 0.1) is 0 Å². The van der Waals surface area contributed by atoms with E-state index in [1.807, 2.05) is 0 Å². The largest absolute Gasteiger partial charge is 0.370 e. The summed E-state index contributed by atoms with van der Waals surface area (Å²) < 4.78 is 0. The SMILES string of the molecule is NC(=NCC1(Cc2ccccc2)CCC1)NCCc1cccs1. The lowest BCUT2D eigenvalue weighted by atomic mass is 9.65. The molecular formula is C19H25N3S. The molecule has 0 aliphatic heterocycles. The molecule has 1 saturated carbocycles. The zero-order valence-electron chi connectivity index (χ0n) is 13.5. The maximum atomic E-state index is 6.03. The monoisotopic (exact) mass is 327 g/mol. The molecule has 1 aromatic heterocycles. The lowest BCUT2D eigenvalue weighted by Gasteiger charge is -2.41. The molecule has 1 heterocycles. The van der Waals surface area contributed by atoms with E-state index in [4.69, 9.17) is 5.73 Å². The molecule has 0 unspecified atom stereocenters. The summed E-state index contributed by atoms with van der Waals surface area (Å²) >= 11 is 1.79. The van der Waals surface area contributed by atoms with Crippen LogP contribution in [0.2, 0.25) is 0 Å². The van der Waals surface area contributed by atoms with Crippen LogP contribution in [0.15, 0.2) is 52.8 Å². The summed E-state index contributed by atoms with van der Waals surface area (Å²) in [7, 11) is 0. The molecule has 0 bridgehead atoms. The van der Waals surface area contributed by atoms with Gasteiger partial charge in [0.2, 0.25) is 0 Å². The number of guanidine groups is 1. The molecular weight excluding hydrogens is 302 g/mol. The molecule has 3 N–H and O–H groups in total. The molecule has 0 amide bonds. The minimum Gasteiger partial charge on any atom is -0.370 e. The van der Waals surface area contributed by atoms with E-state index in [1.165, 1.54) is 29.7 Å². The second-order valence-corrected chi connectivity index (χ2v) is 7.51. The first-order valence-corrected chi connectivity index (χ1v) is 9.24. The van der Waals surface area contributed by atoms with Crippen LogP contribution in [-0.4, -0.2) is 19.0 Å². The van der Waals surface area contributed by atoms with E-state index < -0.39 is 0 Å². The molecule has 3 rings (SSSR count). The predicted octanol–water partition coefficient (Wildman–Crippen LogP) is 3.61. The number of hydrogen-bond donors (Lipinski definition) is 2. The standard InChI is InChI=1S/C19H25N3S/c20-18(21-12-9-17-8-4-13-23-17)22-15-19(10-5-11-19)14-16-6-2-1-3-7-16/h1-4,6-8,13H,5,9-12,14-15H2,(H3,20,21,22). The Morgan fingerprint density at radius 3 is 2.65 bits per heavy atom. The van der Waals surface area contributed by atoms with Crippen molar-refractivity contribution in [2.24, 2.45) is 16.1 Å². The van der Waals surface area contributed by atoms with Crippen molar-refractivity contribution in [3.63, 3.8) is 0 Å². The van der Waals surface area contributed by atoms with Crippen molar-refractivity contribution >= 4 is 17.3 Å². The van der Waals surface area contributed by atoms with Crippen molar-refractivity contribution in [1.82, 2.24) is 5.32 Å². The van der Waals surface area contributed by atoms with Gasteiger partial charge in [0.25, 0.3) is 0 Å². The van der Waals surface area contributed by atoms with Gasteiger partial charge in [-0.05, 0) is 48.1 Å². The van der Waals surface area contributed by atoms with Crippen molar-refractivity contribution < 1.29 is 0 Å². The van der Waals surface area contributed by atoms with Crippen LogP contribution in [0.1, 0.15) is 29.7 Å². The highest BCUT2D eigenvalue weighted by Crippen LogP contribution is 2.43. The summed E-state index contributed by atoms with van der Waals surface area (Å²) in [4.78, 5) is 6.00. The number of nitrogens with two attached hydrogens (primary N) is 1. The molecule has 4 heteroatoms. The van der Waals surface area contributed by atoms with E-state index in [1.54, 1.807) is 11.3 Å². The number of rotatable bonds is 7. The third-order valence-corrected chi connectivity index (χ3v) is 5.61. The normalized spacial score (nSPS) is 16.8. The lowest BCUT2D eigenvalue weighted by molar-refractivity contribution is 0.145. The number of thiophene rings is 1. The maximum Gasteiger partial charge on any atom is 0.188 e. The predicted molar refractivity (Wildman–Crippen MR) is 98.9 cm³/mol. The Bertz CT molecular complexity index is 615. The minimum atomic E-state index is 0.321. The van der Waals surface area contributed by atoms with Gasteiger partial charge < -0.3 is 11.1 Å². The Morgan fingerprint density at radius 1 is 1.17 bits per heavy atom. The average molecular weight is 327 g/mol. The molecule has 2 aromatic rings. The Labute approximate surface area is 142 Å². The van der Waals surface area contributed by atoms with Crippen LogP contribution in [0.4, 0.5) is 0 Å². The second kappa shape index (κ2) is 7.64. The van der Waals surface area contributed by atoms with Crippen LogP contribution < -0.4 is 11.1 Å².